The van der Waals surface area contributed by atoms with Crippen molar-refractivity contribution in [1.82, 2.24) is 9.97 Å². The molecule has 1 amide bonds. The predicted octanol–water partition coefficient (Wildman–Crippen LogP) is 0.222. The van der Waals surface area contributed by atoms with Crippen molar-refractivity contribution in [2.75, 3.05) is 19.5 Å². The summed E-state index contributed by atoms with van der Waals surface area (Å²) in [5.41, 5.74) is -0.133. The molecular weight excluding hydrogens is 264 g/mol. The lowest BCUT2D eigenvalue weighted by Crippen LogP contribution is -2.20. The number of esters is 1. The number of oxime groups is 1. The molecule has 8 nitrogen and oxygen atoms in total. The molecule has 1 aromatic heterocycles. The van der Waals surface area contributed by atoms with Gasteiger partial charge in [0.25, 0.3) is 0 Å². The molecule has 0 aliphatic heterocycles. The Bertz CT molecular complexity index is 491. The number of nitrogens with one attached hydrogen (secondary N) is 1. The van der Waals surface area contributed by atoms with Gasteiger partial charge in [0.05, 0.1) is 7.11 Å². The standard InChI is InChI=1S/C9H9ClN4O4/c1-17-8(16)7(14-18-2)5-3-6(10)13-9(12-5)11-4-15/h3-4H,1-2H3,(H,11,12,13,15)/b14-7-. The second kappa shape index (κ2) is 6.50. The van der Waals surface area contributed by atoms with Crippen molar-refractivity contribution in [2.45, 2.75) is 0 Å². The van der Waals surface area contributed by atoms with E-state index in [2.05, 4.69) is 30.0 Å². The lowest BCUT2D eigenvalue weighted by molar-refractivity contribution is -0.132. The number of carbonyl (C=O) groups excluding carboxylic acids is 2. The number of anilines is 1. The van der Waals surface area contributed by atoms with Crippen LogP contribution in [0.5, 0.6) is 0 Å². The van der Waals surface area contributed by atoms with Crippen LogP contribution in [0.1, 0.15) is 5.69 Å². The van der Waals surface area contributed by atoms with Gasteiger partial charge >= 0.3 is 5.97 Å². The first-order valence-electron chi connectivity index (χ1n) is 4.57. The first-order valence-corrected chi connectivity index (χ1v) is 4.94. The normalized spacial score (nSPS) is 10.7. The Kier molecular flexibility index (Phi) is 5.00. The zero-order chi connectivity index (χ0) is 13.5. The number of nitrogens with zero attached hydrogens (tertiary/aromatic N) is 3. The third kappa shape index (κ3) is 3.39. The van der Waals surface area contributed by atoms with Gasteiger partial charge < -0.3 is 9.57 Å². The summed E-state index contributed by atoms with van der Waals surface area (Å²) in [4.78, 5) is 33.8. The summed E-state index contributed by atoms with van der Waals surface area (Å²) in [6, 6.07) is 1.28. The van der Waals surface area contributed by atoms with Crippen LogP contribution in [0.4, 0.5) is 5.95 Å². The highest BCUT2D eigenvalue weighted by atomic mass is 35.5. The fraction of sp³-hybridized carbons (Fsp3) is 0.222. The molecule has 96 valence electrons. The van der Waals surface area contributed by atoms with Crippen molar-refractivity contribution in [2.24, 2.45) is 5.16 Å². The average molecular weight is 273 g/mol. The number of hydrogen-bond acceptors (Lipinski definition) is 7. The molecule has 0 saturated carbocycles. The fourth-order valence-electron chi connectivity index (χ4n) is 1.03. The average Bonchev–Trinajstić information content (AvgIpc) is 2.34. The van der Waals surface area contributed by atoms with Gasteiger partial charge in [0, 0.05) is 6.07 Å². The molecule has 0 saturated heterocycles. The number of rotatable bonds is 5. The Morgan fingerprint density at radius 1 is 1.50 bits per heavy atom. The summed E-state index contributed by atoms with van der Waals surface area (Å²) in [5.74, 6) is -0.830. The Balaban J connectivity index is 3.23. The number of aromatic nitrogens is 2. The largest absolute Gasteiger partial charge is 0.464 e. The van der Waals surface area contributed by atoms with Gasteiger partial charge in [-0.15, -0.1) is 0 Å². The minimum Gasteiger partial charge on any atom is -0.464 e. The first-order chi connectivity index (χ1) is 8.62. The van der Waals surface area contributed by atoms with Gasteiger partial charge in [-0.2, -0.15) is 0 Å². The maximum Gasteiger partial charge on any atom is 0.362 e. The fourth-order valence-corrected chi connectivity index (χ4v) is 1.22. The number of carbonyl (C=O) groups is 2. The summed E-state index contributed by atoms with van der Waals surface area (Å²) in [6.45, 7) is 0. The van der Waals surface area contributed by atoms with Gasteiger partial charge in [-0.1, -0.05) is 16.8 Å². The molecule has 0 aliphatic carbocycles. The predicted molar refractivity (Wildman–Crippen MR) is 62.3 cm³/mol. The van der Waals surface area contributed by atoms with Crippen LogP contribution in [0.2, 0.25) is 5.15 Å². The van der Waals surface area contributed by atoms with E-state index in [1.54, 1.807) is 0 Å². The molecule has 0 fully saturated rings. The van der Waals surface area contributed by atoms with Crippen LogP contribution < -0.4 is 5.32 Å². The minimum atomic E-state index is -0.760. The van der Waals surface area contributed by atoms with E-state index in [9.17, 15) is 9.59 Å². The third-order valence-electron chi connectivity index (χ3n) is 1.69. The molecule has 0 aromatic carbocycles. The summed E-state index contributed by atoms with van der Waals surface area (Å²) in [6.07, 6.45) is 0.376. The minimum absolute atomic E-state index is 0.0251. The summed E-state index contributed by atoms with van der Waals surface area (Å²) >= 11 is 5.72. The first kappa shape index (κ1) is 13.8. The quantitative estimate of drug-likeness (QED) is 0.270. The molecule has 1 heterocycles. The molecule has 0 atom stereocenters. The van der Waals surface area contributed by atoms with Gasteiger partial charge in [-0.05, 0) is 0 Å². The molecule has 0 unspecified atom stereocenters. The van der Waals surface area contributed by atoms with E-state index in [1.807, 2.05) is 0 Å². The topological polar surface area (TPSA) is 103 Å². The Hall–Kier alpha value is -2.22. The Morgan fingerprint density at radius 3 is 2.78 bits per heavy atom. The van der Waals surface area contributed by atoms with Gasteiger partial charge in [-0.3, -0.25) is 10.1 Å². The number of ether oxygens (including phenoxy) is 1. The van der Waals surface area contributed by atoms with Gasteiger partial charge in [0.15, 0.2) is 0 Å². The second-order valence-corrected chi connectivity index (χ2v) is 3.16. The van der Waals surface area contributed by atoms with Crippen LogP contribution in [-0.2, 0) is 19.2 Å². The van der Waals surface area contributed by atoms with Crippen molar-refractivity contribution in [1.29, 1.82) is 0 Å². The zero-order valence-electron chi connectivity index (χ0n) is 9.51. The highest BCUT2D eigenvalue weighted by Crippen LogP contribution is 2.11. The monoisotopic (exact) mass is 272 g/mol. The van der Waals surface area contributed by atoms with Gasteiger partial charge in [-0.25, -0.2) is 14.8 Å². The van der Waals surface area contributed by atoms with Crippen LogP contribution in [-0.4, -0.2) is 42.3 Å². The van der Waals surface area contributed by atoms with E-state index < -0.39 is 5.97 Å². The molecule has 0 aliphatic rings. The third-order valence-corrected chi connectivity index (χ3v) is 1.88. The Morgan fingerprint density at radius 2 is 2.22 bits per heavy atom. The van der Waals surface area contributed by atoms with E-state index in [-0.39, 0.29) is 22.5 Å². The van der Waals surface area contributed by atoms with E-state index in [0.717, 1.165) is 0 Å². The van der Waals surface area contributed by atoms with Crippen molar-refractivity contribution < 1.29 is 19.2 Å². The van der Waals surface area contributed by atoms with Crippen LogP contribution >= 0.6 is 11.6 Å². The van der Waals surface area contributed by atoms with E-state index in [4.69, 9.17) is 11.6 Å². The van der Waals surface area contributed by atoms with E-state index in [1.165, 1.54) is 20.3 Å². The van der Waals surface area contributed by atoms with Gasteiger partial charge in [0.1, 0.15) is 18.0 Å². The van der Waals surface area contributed by atoms with Crippen LogP contribution in [0.15, 0.2) is 11.2 Å². The van der Waals surface area contributed by atoms with Crippen molar-refractivity contribution in [3.8, 4) is 0 Å². The number of methoxy groups -OCH3 is 1. The van der Waals surface area contributed by atoms with Crippen molar-refractivity contribution in [3.05, 3.63) is 16.9 Å². The smallest absolute Gasteiger partial charge is 0.362 e. The Labute approximate surface area is 107 Å². The summed E-state index contributed by atoms with van der Waals surface area (Å²) < 4.78 is 4.52. The SMILES string of the molecule is CO/N=C(\C(=O)OC)c1cc(Cl)nc(NC=O)n1. The van der Waals surface area contributed by atoms with E-state index >= 15 is 0 Å². The van der Waals surface area contributed by atoms with Crippen LogP contribution in [0.3, 0.4) is 0 Å². The summed E-state index contributed by atoms with van der Waals surface area (Å²) in [5, 5.41) is 5.72. The van der Waals surface area contributed by atoms with Crippen molar-refractivity contribution in [3.63, 3.8) is 0 Å². The lowest BCUT2D eigenvalue weighted by Gasteiger charge is -2.05. The number of hydrogen-bond donors (Lipinski definition) is 1. The number of amides is 1. The lowest BCUT2D eigenvalue weighted by atomic mass is 10.2. The molecule has 0 radical (unpaired) electrons. The highest BCUT2D eigenvalue weighted by molar-refractivity contribution is 6.43. The van der Waals surface area contributed by atoms with Crippen molar-refractivity contribution >= 4 is 35.6 Å². The zero-order valence-corrected chi connectivity index (χ0v) is 10.3. The molecular formula is C9H9ClN4O4. The van der Waals surface area contributed by atoms with Gasteiger partial charge in [0.2, 0.25) is 18.1 Å². The molecule has 1 N–H and O–H groups in total. The molecule has 0 spiro atoms. The molecule has 1 rings (SSSR count). The molecule has 18 heavy (non-hydrogen) atoms. The maximum absolute atomic E-state index is 11.5. The highest BCUT2D eigenvalue weighted by Gasteiger charge is 2.19. The van der Waals surface area contributed by atoms with Crippen LogP contribution in [0.25, 0.3) is 0 Å². The molecule has 0 bridgehead atoms. The summed E-state index contributed by atoms with van der Waals surface area (Å²) in [7, 11) is 2.44. The second-order valence-electron chi connectivity index (χ2n) is 2.78. The van der Waals surface area contributed by atoms with Crippen LogP contribution in [0, 0.1) is 0 Å². The molecule has 1 aromatic rings. The van der Waals surface area contributed by atoms with E-state index in [0.29, 0.717) is 6.41 Å². The maximum atomic E-state index is 11.5. The number of halogens is 1. The molecule has 9 heteroatoms.